The zero-order valence-corrected chi connectivity index (χ0v) is 11.3. The van der Waals surface area contributed by atoms with E-state index < -0.39 is 0 Å². The van der Waals surface area contributed by atoms with Gasteiger partial charge in [0.2, 0.25) is 0 Å². The van der Waals surface area contributed by atoms with Gasteiger partial charge in [-0.2, -0.15) is 0 Å². The molecule has 0 unspecified atom stereocenters. The van der Waals surface area contributed by atoms with Crippen molar-refractivity contribution in [3.8, 4) is 5.75 Å². The van der Waals surface area contributed by atoms with Crippen molar-refractivity contribution >= 4 is 5.57 Å². The van der Waals surface area contributed by atoms with Crippen molar-refractivity contribution in [2.24, 2.45) is 0 Å². The summed E-state index contributed by atoms with van der Waals surface area (Å²) in [4.78, 5) is 0. The molecule has 0 aliphatic carbocycles. The van der Waals surface area contributed by atoms with E-state index in [0.717, 1.165) is 35.5 Å². The van der Waals surface area contributed by atoms with Crippen LogP contribution in [0.3, 0.4) is 0 Å². The van der Waals surface area contributed by atoms with Crippen LogP contribution in [0.4, 0.5) is 4.39 Å². The Morgan fingerprint density at radius 2 is 1.95 bits per heavy atom. The van der Waals surface area contributed by atoms with E-state index in [4.69, 9.17) is 4.74 Å². The molecule has 0 radical (unpaired) electrons. The number of fused-ring (bicyclic) bond motifs is 1. The summed E-state index contributed by atoms with van der Waals surface area (Å²) < 4.78 is 19.3. The Morgan fingerprint density at radius 3 is 2.75 bits per heavy atom. The Balaban J connectivity index is 2.14. The van der Waals surface area contributed by atoms with Crippen LogP contribution in [-0.2, 0) is 6.54 Å². The monoisotopic (exact) mass is 269 g/mol. The number of nitrogens with one attached hydrogen (secondary N) is 1. The van der Waals surface area contributed by atoms with Gasteiger partial charge in [0, 0.05) is 18.7 Å². The van der Waals surface area contributed by atoms with Gasteiger partial charge < -0.3 is 10.1 Å². The smallest absolute Gasteiger partial charge is 0.131 e. The van der Waals surface area contributed by atoms with Crippen LogP contribution in [0, 0.1) is 5.82 Å². The van der Waals surface area contributed by atoms with Gasteiger partial charge in [0.1, 0.15) is 11.6 Å². The predicted octanol–water partition coefficient (Wildman–Crippen LogP) is 3.37. The van der Waals surface area contributed by atoms with E-state index in [9.17, 15) is 4.39 Å². The summed E-state index contributed by atoms with van der Waals surface area (Å²) in [6, 6.07) is 12.8. The second kappa shape index (κ2) is 5.47. The highest BCUT2D eigenvalue weighted by Gasteiger charge is 2.16. The summed E-state index contributed by atoms with van der Waals surface area (Å²) in [6.45, 7) is 1.47. The molecule has 0 fully saturated rings. The SMILES string of the molecule is COc1ccc2c(c1)CNCC=C2c1ccccc1F. The van der Waals surface area contributed by atoms with Crippen LogP contribution in [0.5, 0.6) is 5.75 Å². The van der Waals surface area contributed by atoms with Gasteiger partial charge in [0.25, 0.3) is 0 Å². The van der Waals surface area contributed by atoms with Crippen molar-refractivity contribution in [1.29, 1.82) is 0 Å². The highest BCUT2D eigenvalue weighted by molar-refractivity contribution is 5.82. The standard InChI is InChI=1S/C17H16FNO/c1-20-13-6-7-14-12(10-13)11-19-9-8-15(14)16-4-2-3-5-17(16)18/h2-8,10,19H,9,11H2,1H3. The lowest BCUT2D eigenvalue weighted by molar-refractivity contribution is 0.414. The number of rotatable bonds is 2. The highest BCUT2D eigenvalue weighted by Crippen LogP contribution is 2.31. The Morgan fingerprint density at radius 1 is 1.10 bits per heavy atom. The molecule has 0 atom stereocenters. The third-order valence-corrected chi connectivity index (χ3v) is 3.53. The number of hydrogen-bond acceptors (Lipinski definition) is 2. The summed E-state index contributed by atoms with van der Waals surface area (Å²) in [5, 5.41) is 3.32. The van der Waals surface area contributed by atoms with Crippen LogP contribution in [0.15, 0.2) is 48.5 Å². The van der Waals surface area contributed by atoms with Crippen molar-refractivity contribution in [1.82, 2.24) is 5.32 Å². The Kier molecular flexibility index (Phi) is 3.52. The minimum Gasteiger partial charge on any atom is -0.497 e. The lowest BCUT2D eigenvalue weighted by Gasteiger charge is -2.13. The molecule has 1 heterocycles. The van der Waals surface area contributed by atoms with Gasteiger partial charge in [-0.25, -0.2) is 4.39 Å². The van der Waals surface area contributed by atoms with Gasteiger partial charge in [0.15, 0.2) is 0 Å². The van der Waals surface area contributed by atoms with Crippen LogP contribution in [0.25, 0.3) is 5.57 Å². The topological polar surface area (TPSA) is 21.3 Å². The van der Waals surface area contributed by atoms with E-state index in [1.54, 1.807) is 13.2 Å². The molecule has 0 saturated heterocycles. The first-order valence-electron chi connectivity index (χ1n) is 6.62. The maximum atomic E-state index is 14.1. The maximum absolute atomic E-state index is 14.1. The average Bonchev–Trinajstić information content (AvgIpc) is 2.69. The molecule has 20 heavy (non-hydrogen) atoms. The van der Waals surface area contributed by atoms with Crippen molar-refractivity contribution < 1.29 is 9.13 Å². The molecular formula is C17H16FNO. The minimum absolute atomic E-state index is 0.192. The molecule has 0 amide bonds. The van der Waals surface area contributed by atoms with E-state index in [-0.39, 0.29) is 5.82 Å². The number of halogens is 1. The summed E-state index contributed by atoms with van der Waals surface area (Å²) in [5.74, 6) is 0.628. The Hall–Kier alpha value is -2.13. The zero-order chi connectivity index (χ0) is 13.9. The summed E-state index contributed by atoms with van der Waals surface area (Å²) in [5.41, 5.74) is 3.76. The van der Waals surface area contributed by atoms with Crippen molar-refractivity contribution in [2.45, 2.75) is 6.54 Å². The van der Waals surface area contributed by atoms with Gasteiger partial charge in [0.05, 0.1) is 7.11 Å². The molecule has 0 spiro atoms. The van der Waals surface area contributed by atoms with Crippen molar-refractivity contribution in [3.05, 3.63) is 71.0 Å². The fraction of sp³-hybridized carbons (Fsp3) is 0.176. The number of ether oxygens (including phenoxy) is 1. The molecule has 102 valence electrons. The number of hydrogen-bond donors (Lipinski definition) is 1. The molecule has 0 bridgehead atoms. The highest BCUT2D eigenvalue weighted by atomic mass is 19.1. The fourth-order valence-electron chi connectivity index (χ4n) is 2.53. The predicted molar refractivity (Wildman–Crippen MR) is 78.2 cm³/mol. The van der Waals surface area contributed by atoms with Crippen LogP contribution in [-0.4, -0.2) is 13.7 Å². The first kappa shape index (κ1) is 12.9. The molecule has 1 aliphatic heterocycles. The van der Waals surface area contributed by atoms with E-state index in [1.807, 2.05) is 36.4 Å². The van der Waals surface area contributed by atoms with Crippen LogP contribution < -0.4 is 10.1 Å². The molecule has 2 aromatic carbocycles. The van der Waals surface area contributed by atoms with Gasteiger partial charge >= 0.3 is 0 Å². The van der Waals surface area contributed by atoms with E-state index >= 15 is 0 Å². The molecule has 1 N–H and O–H groups in total. The second-order valence-corrected chi connectivity index (χ2v) is 4.75. The second-order valence-electron chi connectivity index (χ2n) is 4.75. The molecule has 3 heteroatoms. The largest absolute Gasteiger partial charge is 0.497 e. The summed E-state index contributed by atoms with van der Waals surface area (Å²) in [6.07, 6.45) is 2.04. The van der Waals surface area contributed by atoms with Crippen molar-refractivity contribution in [2.75, 3.05) is 13.7 Å². The van der Waals surface area contributed by atoms with Gasteiger partial charge in [-0.1, -0.05) is 30.3 Å². The fourth-order valence-corrected chi connectivity index (χ4v) is 2.53. The van der Waals surface area contributed by atoms with E-state index in [2.05, 4.69) is 5.32 Å². The van der Waals surface area contributed by atoms with E-state index in [1.165, 1.54) is 6.07 Å². The molecule has 2 aromatic rings. The van der Waals surface area contributed by atoms with Crippen LogP contribution in [0.2, 0.25) is 0 Å². The third kappa shape index (κ3) is 2.32. The van der Waals surface area contributed by atoms with Gasteiger partial charge in [-0.3, -0.25) is 0 Å². The van der Waals surface area contributed by atoms with Crippen LogP contribution >= 0.6 is 0 Å². The number of benzene rings is 2. The molecule has 1 aliphatic rings. The normalized spacial score (nSPS) is 14.2. The molecular weight excluding hydrogens is 253 g/mol. The lowest BCUT2D eigenvalue weighted by Crippen LogP contribution is -2.11. The zero-order valence-electron chi connectivity index (χ0n) is 11.3. The third-order valence-electron chi connectivity index (χ3n) is 3.53. The first-order valence-corrected chi connectivity index (χ1v) is 6.62. The molecule has 0 aromatic heterocycles. The van der Waals surface area contributed by atoms with Crippen molar-refractivity contribution in [3.63, 3.8) is 0 Å². The lowest BCUT2D eigenvalue weighted by atomic mass is 9.93. The van der Waals surface area contributed by atoms with Crippen LogP contribution in [0.1, 0.15) is 16.7 Å². The maximum Gasteiger partial charge on any atom is 0.131 e. The molecule has 2 nitrogen and oxygen atoms in total. The average molecular weight is 269 g/mol. The summed E-state index contributed by atoms with van der Waals surface area (Å²) in [7, 11) is 1.65. The molecule has 0 saturated carbocycles. The molecule has 3 rings (SSSR count). The van der Waals surface area contributed by atoms with Gasteiger partial charge in [-0.05, 0) is 34.9 Å². The quantitative estimate of drug-likeness (QED) is 0.902. The Bertz CT molecular complexity index is 664. The van der Waals surface area contributed by atoms with Gasteiger partial charge in [-0.15, -0.1) is 0 Å². The summed E-state index contributed by atoms with van der Waals surface area (Å²) >= 11 is 0. The Labute approximate surface area is 117 Å². The van der Waals surface area contributed by atoms with E-state index in [0.29, 0.717) is 5.56 Å². The number of methoxy groups -OCH3 is 1. The minimum atomic E-state index is -0.192. The first-order chi connectivity index (χ1) is 9.79.